The molecule has 11 heteroatoms. The zero-order chi connectivity index (χ0) is 25.1. The average molecular weight is 488 g/mol. The van der Waals surface area contributed by atoms with Gasteiger partial charge in [0.25, 0.3) is 5.91 Å². The monoisotopic (exact) mass is 488 g/mol. The van der Waals surface area contributed by atoms with E-state index in [2.05, 4.69) is 16.0 Å². The fourth-order valence-corrected chi connectivity index (χ4v) is 4.28. The number of hydrogen-bond donors (Lipinski definition) is 3. The molecule has 3 atom stereocenters. The van der Waals surface area contributed by atoms with Gasteiger partial charge >= 0.3 is 6.03 Å². The molecular formula is C24H26F2N4O5. The molecule has 4 rings (SSSR count). The largest absolute Gasteiger partial charge is 0.490 e. The number of carbonyl (C=O) groups is 3. The summed E-state index contributed by atoms with van der Waals surface area (Å²) in [7, 11) is 3.26. The van der Waals surface area contributed by atoms with Crippen LogP contribution in [0.4, 0.5) is 25.0 Å². The molecule has 0 saturated carbocycles. The highest BCUT2D eigenvalue weighted by atomic mass is 19.2. The highest BCUT2D eigenvalue weighted by Crippen LogP contribution is 2.32. The van der Waals surface area contributed by atoms with Crippen molar-refractivity contribution in [2.24, 2.45) is 0 Å². The number of anilines is 2. The molecule has 0 radical (unpaired) electrons. The number of carbonyl (C=O) groups excluding carboxylic acids is 3. The summed E-state index contributed by atoms with van der Waals surface area (Å²) in [5.74, 6) is -2.17. The van der Waals surface area contributed by atoms with Crippen molar-refractivity contribution in [3.63, 3.8) is 0 Å². The van der Waals surface area contributed by atoms with E-state index in [0.29, 0.717) is 24.3 Å². The van der Waals surface area contributed by atoms with E-state index in [4.69, 9.17) is 9.47 Å². The van der Waals surface area contributed by atoms with Gasteiger partial charge in [0.05, 0.1) is 24.1 Å². The van der Waals surface area contributed by atoms with Gasteiger partial charge in [0, 0.05) is 31.5 Å². The number of hydrogen-bond acceptors (Lipinski definition) is 5. The van der Waals surface area contributed by atoms with Crippen LogP contribution in [0.5, 0.6) is 5.75 Å². The Balaban J connectivity index is 1.46. The normalized spacial score (nSPS) is 21.5. The highest BCUT2D eigenvalue weighted by Gasteiger charge is 2.39. The molecule has 4 amide bonds. The topological polar surface area (TPSA) is 109 Å². The minimum Gasteiger partial charge on any atom is -0.490 e. The summed E-state index contributed by atoms with van der Waals surface area (Å²) in [5.41, 5.74) is 0.658. The smallest absolute Gasteiger partial charge is 0.323 e. The molecule has 0 aromatic heterocycles. The molecule has 2 aliphatic heterocycles. The van der Waals surface area contributed by atoms with Crippen molar-refractivity contribution < 1.29 is 32.6 Å². The molecule has 2 aliphatic rings. The summed E-state index contributed by atoms with van der Waals surface area (Å²) in [6, 6.07) is 6.71. The summed E-state index contributed by atoms with van der Waals surface area (Å²) < 4.78 is 38.4. The number of halogens is 2. The van der Waals surface area contributed by atoms with E-state index < -0.39 is 17.7 Å². The first-order valence-corrected chi connectivity index (χ1v) is 11.2. The first kappa shape index (κ1) is 24.4. The lowest BCUT2D eigenvalue weighted by atomic mass is 9.94. The van der Waals surface area contributed by atoms with Crippen molar-refractivity contribution in [2.45, 2.75) is 37.5 Å². The predicted molar refractivity (Wildman–Crippen MR) is 123 cm³/mol. The second-order valence-electron chi connectivity index (χ2n) is 8.46. The standard InChI is InChI=1S/C24H26F2N4O5/c1-27-22(31)11-15-5-7-19-21(35-15)12-34-20-8-4-13(9-16(20)23(32)30(19)2)28-24(33)29-14-3-6-17(25)18(26)10-14/h3-4,6,8-10,15,19,21H,5,7,11-12H2,1-2H3,(H,27,31)(H2,28,29,33)/t15-,19+,21-/m1/s1. The van der Waals surface area contributed by atoms with Crippen LogP contribution in [0.1, 0.15) is 29.6 Å². The first-order chi connectivity index (χ1) is 16.7. The van der Waals surface area contributed by atoms with E-state index in [0.717, 1.165) is 12.1 Å². The van der Waals surface area contributed by atoms with Crippen LogP contribution >= 0.6 is 0 Å². The Labute approximate surface area is 200 Å². The van der Waals surface area contributed by atoms with Gasteiger partial charge in [-0.25, -0.2) is 13.6 Å². The van der Waals surface area contributed by atoms with Crippen LogP contribution in [-0.4, -0.2) is 61.7 Å². The second-order valence-corrected chi connectivity index (χ2v) is 8.46. The van der Waals surface area contributed by atoms with Crippen molar-refractivity contribution in [3.8, 4) is 5.75 Å². The molecule has 0 unspecified atom stereocenters. The van der Waals surface area contributed by atoms with Crippen molar-refractivity contribution in [3.05, 3.63) is 53.6 Å². The van der Waals surface area contributed by atoms with Gasteiger partial charge in [0.15, 0.2) is 11.6 Å². The Morgan fingerprint density at radius 2 is 1.77 bits per heavy atom. The van der Waals surface area contributed by atoms with Crippen LogP contribution in [-0.2, 0) is 9.53 Å². The van der Waals surface area contributed by atoms with Gasteiger partial charge in [-0.3, -0.25) is 9.59 Å². The Bertz CT molecular complexity index is 1140. The molecule has 0 bridgehead atoms. The number of nitrogens with one attached hydrogen (secondary N) is 3. The van der Waals surface area contributed by atoms with Crippen LogP contribution in [0.3, 0.4) is 0 Å². The van der Waals surface area contributed by atoms with E-state index >= 15 is 0 Å². The van der Waals surface area contributed by atoms with Crippen LogP contribution in [0, 0.1) is 11.6 Å². The lowest BCUT2D eigenvalue weighted by molar-refractivity contribution is -0.133. The van der Waals surface area contributed by atoms with Crippen LogP contribution < -0.4 is 20.7 Å². The van der Waals surface area contributed by atoms with Crippen LogP contribution in [0.2, 0.25) is 0 Å². The number of likely N-dealkylation sites (N-methyl/N-ethyl adjacent to an activating group) is 1. The van der Waals surface area contributed by atoms with Gasteiger partial charge in [0.1, 0.15) is 18.5 Å². The van der Waals surface area contributed by atoms with Gasteiger partial charge in [-0.05, 0) is 43.2 Å². The number of urea groups is 1. The van der Waals surface area contributed by atoms with Gasteiger partial charge in [-0.15, -0.1) is 0 Å². The summed E-state index contributed by atoms with van der Waals surface area (Å²) in [6.07, 6.45) is 0.893. The van der Waals surface area contributed by atoms with Gasteiger partial charge in [0.2, 0.25) is 5.91 Å². The lowest BCUT2D eigenvalue weighted by Crippen LogP contribution is -2.53. The first-order valence-electron chi connectivity index (χ1n) is 11.2. The zero-order valence-corrected chi connectivity index (χ0v) is 19.3. The molecule has 0 aliphatic carbocycles. The minimum atomic E-state index is -1.08. The van der Waals surface area contributed by atoms with Crippen molar-refractivity contribution >= 4 is 29.2 Å². The third-order valence-electron chi connectivity index (χ3n) is 6.14. The van der Waals surface area contributed by atoms with Gasteiger partial charge in [-0.1, -0.05) is 0 Å². The Morgan fingerprint density at radius 3 is 2.49 bits per heavy atom. The van der Waals surface area contributed by atoms with Crippen molar-refractivity contribution in [1.82, 2.24) is 10.2 Å². The average Bonchev–Trinajstić information content (AvgIpc) is 2.84. The second kappa shape index (κ2) is 10.3. The molecule has 0 spiro atoms. The molecule has 9 nitrogen and oxygen atoms in total. The number of nitrogens with zero attached hydrogens (tertiary/aromatic N) is 1. The summed E-state index contributed by atoms with van der Waals surface area (Å²) >= 11 is 0. The highest BCUT2D eigenvalue weighted by molar-refractivity contribution is 6.02. The Kier molecular flexibility index (Phi) is 7.15. The molecular weight excluding hydrogens is 462 g/mol. The van der Waals surface area contributed by atoms with E-state index in [9.17, 15) is 23.2 Å². The molecule has 3 N–H and O–H groups in total. The third kappa shape index (κ3) is 5.51. The minimum absolute atomic E-state index is 0.0739. The fraction of sp³-hybridized carbons (Fsp3) is 0.375. The van der Waals surface area contributed by atoms with E-state index in [1.807, 2.05) is 0 Å². The molecule has 186 valence electrons. The van der Waals surface area contributed by atoms with Crippen LogP contribution in [0.15, 0.2) is 36.4 Å². The summed E-state index contributed by atoms with van der Waals surface area (Å²) in [5, 5.41) is 7.58. The lowest BCUT2D eigenvalue weighted by Gasteiger charge is -2.42. The molecule has 2 aromatic carbocycles. The van der Waals surface area contributed by atoms with E-state index in [1.165, 1.54) is 12.1 Å². The molecule has 35 heavy (non-hydrogen) atoms. The number of benzene rings is 2. The Morgan fingerprint density at radius 1 is 1.06 bits per heavy atom. The van der Waals surface area contributed by atoms with Crippen LogP contribution in [0.25, 0.3) is 0 Å². The maximum absolute atomic E-state index is 13.4. The number of rotatable bonds is 4. The van der Waals surface area contributed by atoms with Crippen molar-refractivity contribution in [2.75, 3.05) is 31.3 Å². The Hall–Kier alpha value is -3.73. The molecule has 2 heterocycles. The van der Waals surface area contributed by atoms with Crippen molar-refractivity contribution in [1.29, 1.82) is 0 Å². The third-order valence-corrected chi connectivity index (χ3v) is 6.14. The molecule has 1 fully saturated rings. The van der Waals surface area contributed by atoms with Gasteiger partial charge < -0.3 is 30.3 Å². The summed E-state index contributed by atoms with van der Waals surface area (Å²) in [6.45, 7) is 0.197. The van der Waals surface area contributed by atoms with E-state index in [-0.39, 0.29) is 54.3 Å². The molecule has 2 aromatic rings. The quantitative estimate of drug-likeness (QED) is 0.613. The number of fused-ring (bicyclic) bond motifs is 2. The number of amides is 4. The van der Waals surface area contributed by atoms with E-state index in [1.54, 1.807) is 31.1 Å². The summed E-state index contributed by atoms with van der Waals surface area (Å²) in [4.78, 5) is 38.9. The van der Waals surface area contributed by atoms with Gasteiger partial charge in [-0.2, -0.15) is 0 Å². The zero-order valence-electron chi connectivity index (χ0n) is 19.3. The number of ether oxygens (including phenoxy) is 2. The predicted octanol–water partition coefficient (Wildman–Crippen LogP) is 3.13. The SMILES string of the molecule is CNC(=O)C[C@H]1CC[C@H]2[C@@H](COc3ccc(NC(=O)Nc4ccc(F)c(F)c4)cc3C(=O)N2C)O1. The maximum atomic E-state index is 13.4. The fourth-order valence-electron chi connectivity index (χ4n) is 4.28. The molecule has 1 saturated heterocycles. The maximum Gasteiger partial charge on any atom is 0.323 e.